The molecule has 0 saturated carbocycles. The molecule has 0 fully saturated rings. The third kappa shape index (κ3) is 5.76. The fourth-order valence-corrected chi connectivity index (χ4v) is 7.45. The Morgan fingerprint density at radius 1 is 0.737 bits per heavy atom. The first-order valence-electron chi connectivity index (χ1n) is 13.1. The summed E-state index contributed by atoms with van der Waals surface area (Å²) in [4.78, 5) is 52.2. The Kier molecular flexibility index (Phi) is 8.23. The van der Waals surface area contributed by atoms with Gasteiger partial charge in [0.05, 0.1) is 0 Å². The molecule has 0 atom stereocenters. The number of ketones is 2. The van der Waals surface area contributed by atoms with Gasteiger partial charge in [0.1, 0.15) is 11.6 Å². The first-order chi connectivity index (χ1) is 17.8. The number of fused-ring (bicyclic) bond motifs is 2. The lowest BCUT2D eigenvalue weighted by atomic mass is 9.92. The molecular weight excluding hydrogens is 524 g/mol. The van der Waals surface area contributed by atoms with Crippen LogP contribution in [0.2, 0.25) is 0 Å². The van der Waals surface area contributed by atoms with E-state index in [1.165, 1.54) is 9.13 Å². The van der Waals surface area contributed by atoms with Crippen LogP contribution in [0.1, 0.15) is 77.3 Å². The predicted octanol–water partition coefficient (Wildman–Crippen LogP) is 4.37. The molecule has 0 spiro atoms. The smallest absolute Gasteiger partial charge is 0.254 e. The lowest BCUT2D eigenvalue weighted by molar-refractivity contribution is -0.124. The van der Waals surface area contributed by atoms with Crippen molar-refractivity contribution in [3.05, 3.63) is 44.0 Å². The number of pyridine rings is 2. The normalized spacial score (nSPS) is 14.9. The average Bonchev–Trinajstić information content (AvgIpc) is 3.49. The molecule has 0 radical (unpaired) electrons. The molecule has 4 rings (SSSR count). The van der Waals surface area contributed by atoms with Crippen LogP contribution in [0.15, 0.2) is 31.5 Å². The van der Waals surface area contributed by atoms with Crippen molar-refractivity contribution in [2.24, 2.45) is 0 Å². The highest BCUT2D eigenvalue weighted by molar-refractivity contribution is 7.99. The summed E-state index contributed by atoms with van der Waals surface area (Å²) in [5.74, 6) is 1.50. The van der Waals surface area contributed by atoms with Crippen LogP contribution in [0.25, 0.3) is 0 Å². The number of Topliss-reactive ketones (excluding diaryl/α,β-unsaturated/α-hetero) is 2. The van der Waals surface area contributed by atoms with E-state index in [-0.39, 0.29) is 60.1 Å². The summed E-state index contributed by atoms with van der Waals surface area (Å²) in [6.07, 6.45) is 2.76. The number of hydrogen-bond donors (Lipinski definition) is 2. The minimum absolute atomic E-state index is 0.0139. The Balaban J connectivity index is 1.30. The van der Waals surface area contributed by atoms with E-state index < -0.39 is 11.1 Å². The van der Waals surface area contributed by atoms with Crippen LogP contribution in [-0.4, -0.2) is 42.4 Å². The maximum atomic E-state index is 12.7. The molecule has 0 amide bonds. The van der Waals surface area contributed by atoms with E-state index in [1.54, 1.807) is 35.7 Å². The van der Waals surface area contributed by atoms with E-state index in [0.717, 1.165) is 32.4 Å². The topological polar surface area (TPSA) is 119 Å². The third-order valence-electron chi connectivity index (χ3n) is 7.65. The van der Waals surface area contributed by atoms with Crippen LogP contribution in [0.5, 0.6) is 11.8 Å². The number of nitrogens with zero attached hydrogens (tertiary/aromatic N) is 2. The second kappa shape index (κ2) is 11.0. The zero-order chi connectivity index (χ0) is 27.8. The van der Waals surface area contributed by atoms with Gasteiger partial charge in [-0.25, -0.2) is 0 Å². The van der Waals surface area contributed by atoms with E-state index in [9.17, 15) is 29.4 Å². The highest BCUT2D eigenvalue weighted by Gasteiger charge is 2.31. The number of aromatic hydroxyl groups is 2. The van der Waals surface area contributed by atoms with Gasteiger partial charge in [-0.1, -0.05) is 0 Å². The van der Waals surface area contributed by atoms with Gasteiger partial charge in [0.15, 0.2) is 11.8 Å². The molecule has 2 aromatic heterocycles. The molecule has 206 valence electrons. The molecule has 2 aromatic rings. The van der Waals surface area contributed by atoms with E-state index in [4.69, 9.17) is 0 Å². The molecular formula is C28H36N2O6S2. The van der Waals surface area contributed by atoms with E-state index >= 15 is 0 Å². The molecule has 0 saturated heterocycles. The zero-order valence-electron chi connectivity index (χ0n) is 22.5. The summed E-state index contributed by atoms with van der Waals surface area (Å²) in [5.41, 5.74) is -0.488. The SMILES string of the molecule is CC(C)(CCC(=O)CCC(=O)CCC(C)(C)n1c(O)c2c(cc1=O)SCC2)n1c(O)c2c(cc1=O)SCC2. The number of carbonyl (C=O) groups is 2. The van der Waals surface area contributed by atoms with E-state index in [2.05, 4.69) is 0 Å². The Labute approximate surface area is 230 Å². The largest absolute Gasteiger partial charge is 0.494 e. The average molecular weight is 561 g/mol. The first kappa shape index (κ1) is 28.5. The predicted molar refractivity (Wildman–Crippen MR) is 150 cm³/mol. The molecule has 2 N–H and O–H groups in total. The first-order valence-corrected chi connectivity index (χ1v) is 15.0. The van der Waals surface area contributed by atoms with Gasteiger partial charge in [-0.05, 0) is 53.4 Å². The van der Waals surface area contributed by atoms with Crippen LogP contribution in [0.3, 0.4) is 0 Å². The molecule has 0 unspecified atom stereocenters. The summed E-state index contributed by atoms with van der Waals surface area (Å²) in [6, 6.07) is 3.12. The van der Waals surface area contributed by atoms with Crippen LogP contribution >= 0.6 is 23.5 Å². The zero-order valence-corrected chi connectivity index (χ0v) is 24.1. The lowest BCUT2D eigenvalue weighted by Gasteiger charge is -2.29. The molecule has 38 heavy (non-hydrogen) atoms. The molecule has 8 nitrogen and oxygen atoms in total. The number of rotatable bonds is 11. The van der Waals surface area contributed by atoms with E-state index in [0.29, 0.717) is 25.7 Å². The Bertz CT molecular complexity index is 1280. The van der Waals surface area contributed by atoms with Gasteiger partial charge in [0.25, 0.3) is 11.1 Å². The Hall–Kier alpha value is -2.46. The maximum Gasteiger partial charge on any atom is 0.254 e. The third-order valence-corrected chi connectivity index (χ3v) is 9.82. The van der Waals surface area contributed by atoms with Crippen molar-refractivity contribution in [2.45, 2.75) is 99.9 Å². The van der Waals surface area contributed by atoms with Crippen molar-refractivity contribution in [3.63, 3.8) is 0 Å². The Morgan fingerprint density at radius 3 is 1.47 bits per heavy atom. The van der Waals surface area contributed by atoms with Gasteiger partial charge >= 0.3 is 0 Å². The van der Waals surface area contributed by atoms with Gasteiger partial charge in [-0.3, -0.25) is 28.3 Å². The maximum absolute atomic E-state index is 12.7. The summed E-state index contributed by atoms with van der Waals surface area (Å²) in [7, 11) is 0. The molecule has 2 aliphatic heterocycles. The summed E-state index contributed by atoms with van der Waals surface area (Å²) < 4.78 is 2.76. The van der Waals surface area contributed by atoms with Crippen molar-refractivity contribution in [1.82, 2.24) is 9.13 Å². The van der Waals surface area contributed by atoms with Crippen LogP contribution in [0.4, 0.5) is 0 Å². The molecule has 0 bridgehead atoms. The monoisotopic (exact) mass is 560 g/mol. The standard InChI is InChI=1S/C28H36N2O6S2/c1-27(2,29-23(33)15-21-19(25(29)35)9-13-37-21)11-7-17(31)5-6-18(32)8-12-28(3,4)30-24(34)16-22-20(26(30)36)10-14-38-22/h15-16,35-36H,5-14H2,1-4H3. The van der Waals surface area contributed by atoms with Gasteiger partial charge in [-0.2, -0.15) is 0 Å². The molecule has 0 aromatic carbocycles. The fraction of sp³-hybridized carbons (Fsp3) is 0.571. The van der Waals surface area contributed by atoms with Gasteiger partial charge in [-0.15, -0.1) is 23.5 Å². The van der Waals surface area contributed by atoms with Crippen molar-refractivity contribution in [2.75, 3.05) is 11.5 Å². The molecule has 10 heteroatoms. The highest BCUT2D eigenvalue weighted by atomic mass is 32.2. The van der Waals surface area contributed by atoms with E-state index in [1.807, 2.05) is 27.7 Å². The Morgan fingerprint density at radius 2 is 1.11 bits per heavy atom. The minimum Gasteiger partial charge on any atom is -0.494 e. The fourth-order valence-electron chi connectivity index (χ4n) is 5.29. The lowest BCUT2D eigenvalue weighted by Crippen LogP contribution is -2.37. The minimum atomic E-state index is -0.753. The summed E-state index contributed by atoms with van der Waals surface area (Å²) in [6.45, 7) is 7.33. The number of aromatic nitrogens is 2. The quantitative estimate of drug-likeness (QED) is 0.416. The van der Waals surface area contributed by atoms with Crippen molar-refractivity contribution < 1.29 is 19.8 Å². The summed E-state index contributed by atoms with van der Waals surface area (Å²) in [5, 5.41) is 21.5. The highest BCUT2D eigenvalue weighted by Crippen LogP contribution is 2.39. The second-order valence-corrected chi connectivity index (χ2v) is 13.6. The molecule has 0 aliphatic carbocycles. The van der Waals surface area contributed by atoms with Gasteiger partial charge in [0, 0.05) is 81.3 Å². The number of carbonyl (C=O) groups excluding carboxylic acids is 2. The molecule has 2 aliphatic rings. The summed E-state index contributed by atoms with van der Waals surface area (Å²) >= 11 is 3.13. The second-order valence-electron chi connectivity index (χ2n) is 11.4. The van der Waals surface area contributed by atoms with Crippen molar-refractivity contribution in [1.29, 1.82) is 0 Å². The molecule has 4 heterocycles. The van der Waals surface area contributed by atoms with Crippen molar-refractivity contribution in [3.8, 4) is 11.8 Å². The van der Waals surface area contributed by atoms with Crippen LogP contribution in [-0.2, 0) is 33.5 Å². The van der Waals surface area contributed by atoms with Crippen LogP contribution < -0.4 is 11.1 Å². The number of thioether (sulfide) groups is 2. The van der Waals surface area contributed by atoms with Gasteiger partial charge in [0.2, 0.25) is 0 Å². The number of hydrogen-bond acceptors (Lipinski definition) is 8. The van der Waals surface area contributed by atoms with Crippen LogP contribution in [0, 0.1) is 0 Å². The van der Waals surface area contributed by atoms with Gasteiger partial charge < -0.3 is 10.2 Å². The van der Waals surface area contributed by atoms with Crippen molar-refractivity contribution >= 4 is 35.1 Å².